The molecule has 0 saturated carbocycles. The quantitative estimate of drug-likeness (QED) is 0.694. The number of sulfonamides is 1. The summed E-state index contributed by atoms with van der Waals surface area (Å²) in [6.45, 7) is 5.59. The van der Waals surface area contributed by atoms with E-state index in [-0.39, 0.29) is 23.3 Å². The van der Waals surface area contributed by atoms with E-state index in [9.17, 15) is 8.42 Å². The molecule has 0 bridgehead atoms. The first-order valence-corrected chi connectivity index (χ1v) is 10.9. The Kier molecular flexibility index (Phi) is 8.27. The van der Waals surface area contributed by atoms with Gasteiger partial charge in [0, 0.05) is 24.1 Å². The lowest BCUT2D eigenvalue weighted by atomic mass is 10.1. The summed E-state index contributed by atoms with van der Waals surface area (Å²) in [5.74, 6) is 0. The molecule has 1 aliphatic heterocycles. The maximum absolute atomic E-state index is 13.0. The molecular formula is C19H24BrClN2O3S. The van der Waals surface area contributed by atoms with Crippen LogP contribution in [-0.2, 0) is 14.8 Å². The van der Waals surface area contributed by atoms with Crippen LogP contribution in [0.15, 0.2) is 57.9 Å². The summed E-state index contributed by atoms with van der Waals surface area (Å²) in [6, 6.07) is 14.5. The van der Waals surface area contributed by atoms with Crippen LogP contribution in [0, 0.1) is 6.92 Å². The van der Waals surface area contributed by atoms with Crippen molar-refractivity contribution in [2.45, 2.75) is 17.9 Å². The first-order valence-electron chi connectivity index (χ1n) is 8.59. The van der Waals surface area contributed by atoms with Crippen molar-refractivity contribution in [1.29, 1.82) is 0 Å². The fourth-order valence-electron chi connectivity index (χ4n) is 2.96. The Morgan fingerprint density at radius 3 is 2.37 bits per heavy atom. The molecule has 27 heavy (non-hydrogen) atoms. The molecule has 1 aliphatic rings. The molecule has 1 saturated heterocycles. The van der Waals surface area contributed by atoms with E-state index >= 15 is 0 Å². The van der Waals surface area contributed by atoms with Crippen molar-refractivity contribution in [3.8, 4) is 0 Å². The first kappa shape index (κ1) is 22.3. The number of halogens is 2. The molecule has 1 heterocycles. The van der Waals surface area contributed by atoms with E-state index in [0.29, 0.717) is 24.2 Å². The van der Waals surface area contributed by atoms with Crippen LogP contribution in [0.1, 0.15) is 17.2 Å². The first-order chi connectivity index (χ1) is 12.5. The normalized spacial score (nSPS) is 16.5. The van der Waals surface area contributed by atoms with Gasteiger partial charge in [0.15, 0.2) is 0 Å². The molecular weight excluding hydrogens is 452 g/mol. The fourth-order valence-corrected chi connectivity index (χ4v) is 5.18. The van der Waals surface area contributed by atoms with Crippen molar-refractivity contribution in [1.82, 2.24) is 9.62 Å². The third kappa shape index (κ3) is 6.01. The number of hydrogen-bond acceptors (Lipinski definition) is 4. The van der Waals surface area contributed by atoms with E-state index in [1.807, 2.05) is 31.2 Å². The van der Waals surface area contributed by atoms with Gasteiger partial charge in [-0.3, -0.25) is 4.90 Å². The Morgan fingerprint density at radius 1 is 1.11 bits per heavy atom. The molecule has 8 heteroatoms. The van der Waals surface area contributed by atoms with Crippen LogP contribution in [0.2, 0.25) is 0 Å². The van der Waals surface area contributed by atoms with Crippen molar-refractivity contribution < 1.29 is 13.2 Å². The molecule has 1 N–H and O–H groups in total. The fraction of sp³-hybridized carbons (Fsp3) is 0.368. The number of rotatable bonds is 6. The summed E-state index contributed by atoms with van der Waals surface area (Å²) >= 11 is 3.34. The lowest BCUT2D eigenvalue weighted by molar-refractivity contribution is 0.0345. The molecule has 148 valence electrons. The highest BCUT2D eigenvalue weighted by Crippen LogP contribution is 2.24. The molecule has 2 aromatic rings. The minimum atomic E-state index is -3.65. The highest BCUT2D eigenvalue weighted by atomic mass is 79.9. The van der Waals surface area contributed by atoms with Crippen LogP contribution in [-0.4, -0.2) is 46.2 Å². The van der Waals surface area contributed by atoms with Gasteiger partial charge in [-0.2, -0.15) is 0 Å². The van der Waals surface area contributed by atoms with E-state index in [4.69, 9.17) is 4.74 Å². The Morgan fingerprint density at radius 2 is 1.74 bits per heavy atom. The second-order valence-electron chi connectivity index (χ2n) is 6.43. The van der Waals surface area contributed by atoms with Crippen LogP contribution in [0.25, 0.3) is 0 Å². The lowest BCUT2D eigenvalue weighted by Crippen LogP contribution is -2.43. The van der Waals surface area contributed by atoms with Crippen molar-refractivity contribution >= 4 is 38.4 Å². The monoisotopic (exact) mass is 474 g/mol. The van der Waals surface area contributed by atoms with Gasteiger partial charge in [-0.1, -0.05) is 42.0 Å². The molecule has 1 unspecified atom stereocenters. The SMILES string of the molecule is Cc1ccc(C(CN2CCOCC2)NS(=O)(=O)c2ccccc2Br)cc1.Cl. The number of aryl methyl sites for hydroxylation is 1. The maximum atomic E-state index is 13.0. The van der Waals surface area contributed by atoms with Gasteiger partial charge in [0.1, 0.15) is 0 Å². The molecule has 2 aromatic carbocycles. The highest BCUT2D eigenvalue weighted by molar-refractivity contribution is 9.10. The lowest BCUT2D eigenvalue weighted by Gasteiger charge is -2.31. The summed E-state index contributed by atoms with van der Waals surface area (Å²) in [5, 5.41) is 0. The van der Waals surface area contributed by atoms with Crippen molar-refractivity contribution in [2.24, 2.45) is 0 Å². The average molecular weight is 476 g/mol. The third-order valence-electron chi connectivity index (χ3n) is 4.45. The Hall–Kier alpha value is -0.960. The molecule has 0 aliphatic carbocycles. The average Bonchev–Trinajstić information content (AvgIpc) is 2.63. The van der Waals surface area contributed by atoms with Crippen LogP contribution in [0.5, 0.6) is 0 Å². The van der Waals surface area contributed by atoms with E-state index in [2.05, 4.69) is 25.6 Å². The van der Waals surface area contributed by atoms with E-state index in [1.54, 1.807) is 24.3 Å². The van der Waals surface area contributed by atoms with Gasteiger partial charge < -0.3 is 4.74 Å². The molecule has 0 radical (unpaired) electrons. The van der Waals surface area contributed by atoms with Crippen molar-refractivity contribution in [2.75, 3.05) is 32.8 Å². The molecule has 1 fully saturated rings. The number of ether oxygens (including phenoxy) is 1. The number of hydrogen-bond donors (Lipinski definition) is 1. The Bertz CT molecular complexity index is 840. The van der Waals surface area contributed by atoms with E-state index in [0.717, 1.165) is 24.2 Å². The molecule has 1 atom stereocenters. The summed E-state index contributed by atoms with van der Waals surface area (Å²) in [6.07, 6.45) is 0. The van der Waals surface area contributed by atoms with Gasteiger partial charge in [0.05, 0.1) is 24.2 Å². The zero-order valence-electron chi connectivity index (χ0n) is 15.1. The topological polar surface area (TPSA) is 58.6 Å². The third-order valence-corrected chi connectivity index (χ3v) is 6.93. The van der Waals surface area contributed by atoms with Crippen molar-refractivity contribution in [3.05, 3.63) is 64.1 Å². The summed E-state index contributed by atoms with van der Waals surface area (Å²) in [5.41, 5.74) is 2.10. The van der Waals surface area contributed by atoms with Crippen LogP contribution < -0.4 is 4.72 Å². The van der Waals surface area contributed by atoms with Gasteiger partial charge in [-0.05, 0) is 40.5 Å². The zero-order chi connectivity index (χ0) is 18.6. The van der Waals surface area contributed by atoms with Crippen molar-refractivity contribution in [3.63, 3.8) is 0 Å². The molecule has 0 amide bonds. The number of nitrogens with one attached hydrogen (secondary N) is 1. The number of benzene rings is 2. The second-order valence-corrected chi connectivity index (χ2v) is 8.96. The zero-order valence-corrected chi connectivity index (χ0v) is 18.3. The minimum absolute atomic E-state index is 0. The minimum Gasteiger partial charge on any atom is -0.379 e. The predicted octanol–water partition coefficient (Wildman–Crippen LogP) is 3.53. The van der Waals surface area contributed by atoms with Crippen LogP contribution in [0.3, 0.4) is 0 Å². The molecule has 3 rings (SSSR count). The Labute approximate surface area is 175 Å². The number of nitrogens with zero attached hydrogens (tertiary/aromatic N) is 1. The van der Waals surface area contributed by atoms with E-state index in [1.165, 1.54) is 0 Å². The highest BCUT2D eigenvalue weighted by Gasteiger charge is 2.25. The summed E-state index contributed by atoms with van der Waals surface area (Å²) < 4.78 is 34.8. The van der Waals surface area contributed by atoms with Crippen LogP contribution >= 0.6 is 28.3 Å². The molecule has 0 aromatic heterocycles. The maximum Gasteiger partial charge on any atom is 0.242 e. The second kappa shape index (κ2) is 10.0. The van der Waals surface area contributed by atoms with Gasteiger partial charge in [0.2, 0.25) is 10.0 Å². The van der Waals surface area contributed by atoms with E-state index < -0.39 is 10.0 Å². The van der Waals surface area contributed by atoms with Gasteiger partial charge >= 0.3 is 0 Å². The molecule has 0 spiro atoms. The summed E-state index contributed by atoms with van der Waals surface area (Å²) in [7, 11) is -3.65. The largest absolute Gasteiger partial charge is 0.379 e. The Balaban J connectivity index is 0.00000261. The smallest absolute Gasteiger partial charge is 0.242 e. The predicted molar refractivity (Wildman–Crippen MR) is 113 cm³/mol. The number of morpholine rings is 1. The summed E-state index contributed by atoms with van der Waals surface area (Å²) in [4.78, 5) is 2.48. The van der Waals surface area contributed by atoms with Gasteiger partial charge in [-0.15, -0.1) is 12.4 Å². The standard InChI is InChI=1S/C19H23BrN2O3S.ClH/c1-15-6-8-16(9-7-15)18(14-22-10-12-25-13-11-22)21-26(23,24)19-5-3-2-4-17(19)20;/h2-9,18,21H,10-14H2,1H3;1H. The van der Waals surface area contributed by atoms with Gasteiger partial charge in [-0.25, -0.2) is 13.1 Å². The van der Waals surface area contributed by atoms with Crippen LogP contribution in [0.4, 0.5) is 0 Å². The molecule has 5 nitrogen and oxygen atoms in total. The van der Waals surface area contributed by atoms with Gasteiger partial charge in [0.25, 0.3) is 0 Å².